The Kier molecular flexibility index (Phi) is 11.0. The summed E-state index contributed by atoms with van der Waals surface area (Å²) >= 11 is 1.83. The standard InChI is InChI=1S/C18H32N4OS.HI/c1-5-19-18(20-11-14(2)3)21-12-16(17-7-6-10-24-17)22-8-9-23-15(4)13-22;/h6-7,10,14-16H,5,8-9,11-13H2,1-4H3,(H2,19,20,21);1H. The Hall–Kier alpha value is -0.380. The summed E-state index contributed by atoms with van der Waals surface area (Å²) in [6.45, 7) is 14.0. The van der Waals surface area contributed by atoms with E-state index in [0.717, 1.165) is 45.3 Å². The van der Waals surface area contributed by atoms with Gasteiger partial charge in [-0.3, -0.25) is 9.89 Å². The number of nitrogens with one attached hydrogen (secondary N) is 2. The molecule has 0 spiro atoms. The Balaban J connectivity index is 0.00000312. The smallest absolute Gasteiger partial charge is 0.191 e. The van der Waals surface area contributed by atoms with Crippen LogP contribution in [0.5, 0.6) is 0 Å². The fourth-order valence-electron chi connectivity index (χ4n) is 2.83. The van der Waals surface area contributed by atoms with Crippen LogP contribution in [-0.2, 0) is 4.74 Å². The summed E-state index contributed by atoms with van der Waals surface area (Å²) in [6.07, 6.45) is 0.295. The molecule has 1 aliphatic heterocycles. The van der Waals surface area contributed by atoms with Crippen LogP contribution in [0.3, 0.4) is 0 Å². The number of halogens is 1. The van der Waals surface area contributed by atoms with E-state index in [0.29, 0.717) is 18.1 Å². The van der Waals surface area contributed by atoms with Gasteiger partial charge >= 0.3 is 0 Å². The lowest BCUT2D eigenvalue weighted by molar-refractivity contribution is -0.0334. The number of guanidine groups is 1. The van der Waals surface area contributed by atoms with E-state index in [-0.39, 0.29) is 24.0 Å². The molecule has 2 unspecified atom stereocenters. The molecule has 1 saturated heterocycles. The molecule has 2 heterocycles. The van der Waals surface area contributed by atoms with Gasteiger partial charge in [0.1, 0.15) is 0 Å². The van der Waals surface area contributed by atoms with Crippen LogP contribution >= 0.6 is 35.3 Å². The summed E-state index contributed by atoms with van der Waals surface area (Å²) < 4.78 is 5.71. The second-order valence-electron chi connectivity index (χ2n) is 6.70. The van der Waals surface area contributed by atoms with Crippen molar-refractivity contribution in [3.63, 3.8) is 0 Å². The summed E-state index contributed by atoms with van der Waals surface area (Å²) in [5, 5.41) is 9.05. The number of rotatable bonds is 7. The van der Waals surface area contributed by atoms with E-state index in [9.17, 15) is 0 Å². The molecular weight excluding hydrogens is 447 g/mol. The zero-order chi connectivity index (χ0) is 17.4. The monoisotopic (exact) mass is 480 g/mol. The maximum absolute atomic E-state index is 5.71. The summed E-state index contributed by atoms with van der Waals surface area (Å²) in [5.41, 5.74) is 0. The van der Waals surface area contributed by atoms with Gasteiger partial charge in [0.15, 0.2) is 5.96 Å². The topological polar surface area (TPSA) is 48.9 Å². The van der Waals surface area contributed by atoms with Gasteiger partial charge in [-0.2, -0.15) is 0 Å². The Bertz CT molecular complexity index is 495. The van der Waals surface area contributed by atoms with Gasteiger partial charge in [-0.25, -0.2) is 0 Å². The number of ether oxygens (including phenoxy) is 1. The van der Waals surface area contributed by atoms with Crippen LogP contribution in [0.15, 0.2) is 22.5 Å². The zero-order valence-electron chi connectivity index (χ0n) is 15.8. The molecule has 0 radical (unpaired) electrons. The quantitative estimate of drug-likeness (QED) is 0.357. The van der Waals surface area contributed by atoms with Gasteiger partial charge in [-0.1, -0.05) is 19.9 Å². The fourth-order valence-corrected chi connectivity index (χ4v) is 3.69. The van der Waals surface area contributed by atoms with Gasteiger partial charge in [-0.15, -0.1) is 35.3 Å². The highest BCUT2D eigenvalue weighted by Crippen LogP contribution is 2.26. The Morgan fingerprint density at radius 2 is 2.24 bits per heavy atom. The summed E-state index contributed by atoms with van der Waals surface area (Å²) in [4.78, 5) is 8.61. The van der Waals surface area contributed by atoms with Crippen LogP contribution in [0, 0.1) is 5.92 Å². The Labute approximate surface area is 173 Å². The Morgan fingerprint density at radius 3 is 2.84 bits per heavy atom. The largest absolute Gasteiger partial charge is 0.376 e. The fraction of sp³-hybridized carbons (Fsp3) is 0.722. The highest BCUT2D eigenvalue weighted by atomic mass is 127. The van der Waals surface area contributed by atoms with Crippen molar-refractivity contribution in [3.8, 4) is 0 Å². The maximum Gasteiger partial charge on any atom is 0.191 e. The van der Waals surface area contributed by atoms with Gasteiger partial charge in [0.05, 0.1) is 18.8 Å². The van der Waals surface area contributed by atoms with Crippen molar-refractivity contribution in [2.75, 3.05) is 39.3 Å². The molecular formula is C18H33IN4OS. The second kappa shape index (κ2) is 12.1. The number of hydrogen-bond acceptors (Lipinski definition) is 4. The number of thiophene rings is 1. The van der Waals surface area contributed by atoms with E-state index in [1.807, 2.05) is 11.3 Å². The molecule has 0 aromatic carbocycles. The molecule has 0 saturated carbocycles. The van der Waals surface area contributed by atoms with Crippen molar-refractivity contribution < 1.29 is 4.74 Å². The molecule has 5 nitrogen and oxygen atoms in total. The molecule has 0 aliphatic carbocycles. The molecule has 1 aliphatic rings. The molecule has 2 N–H and O–H groups in total. The average molecular weight is 480 g/mol. The molecule has 144 valence electrons. The SMILES string of the molecule is CCNC(=NCC(C)C)NCC(c1cccs1)N1CCOC(C)C1.I. The lowest BCUT2D eigenvalue weighted by Gasteiger charge is -2.37. The predicted octanol–water partition coefficient (Wildman–Crippen LogP) is 3.34. The van der Waals surface area contributed by atoms with Gasteiger partial charge < -0.3 is 15.4 Å². The van der Waals surface area contributed by atoms with Crippen LogP contribution in [0.25, 0.3) is 0 Å². The summed E-state index contributed by atoms with van der Waals surface area (Å²) in [6, 6.07) is 4.73. The number of morpholine rings is 1. The number of hydrogen-bond donors (Lipinski definition) is 2. The van der Waals surface area contributed by atoms with E-state index in [1.165, 1.54) is 4.88 Å². The van der Waals surface area contributed by atoms with E-state index in [2.05, 4.69) is 65.7 Å². The van der Waals surface area contributed by atoms with Crippen molar-refractivity contribution in [1.82, 2.24) is 15.5 Å². The third kappa shape index (κ3) is 7.80. The molecule has 1 aromatic rings. The van der Waals surface area contributed by atoms with Gasteiger partial charge in [0, 0.05) is 37.6 Å². The minimum Gasteiger partial charge on any atom is -0.376 e. The zero-order valence-corrected chi connectivity index (χ0v) is 19.0. The molecule has 0 amide bonds. The molecule has 1 fully saturated rings. The first-order chi connectivity index (χ1) is 11.6. The number of aliphatic imine (C=N–C) groups is 1. The lowest BCUT2D eigenvalue weighted by atomic mass is 10.1. The third-order valence-electron chi connectivity index (χ3n) is 4.01. The first-order valence-corrected chi connectivity index (χ1v) is 9.89. The second-order valence-corrected chi connectivity index (χ2v) is 7.68. The average Bonchev–Trinajstić information content (AvgIpc) is 3.07. The van der Waals surface area contributed by atoms with Crippen molar-refractivity contribution in [1.29, 1.82) is 0 Å². The Morgan fingerprint density at radius 1 is 1.44 bits per heavy atom. The molecule has 2 atom stereocenters. The van der Waals surface area contributed by atoms with Crippen molar-refractivity contribution in [2.24, 2.45) is 10.9 Å². The van der Waals surface area contributed by atoms with E-state index in [1.54, 1.807) is 0 Å². The molecule has 25 heavy (non-hydrogen) atoms. The maximum atomic E-state index is 5.71. The number of nitrogens with zero attached hydrogens (tertiary/aromatic N) is 2. The molecule has 7 heteroatoms. The van der Waals surface area contributed by atoms with Crippen molar-refractivity contribution >= 4 is 41.3 Å². The summed E-state index contributed by atoms with van der Waals surface area (Å²) in [7, 11) is 0. The lowest BCUT2D eigenvalue weighted by Crippen LogP contribution is -2.48. The van der Waals surface area contributed by atoms with E-state index >= 15 is 0 Å². The van der Waals surface area contributed by atoms with Gasteiger partial charge in [0.2, 0.25) is 0 Å². The minimum atomic E-state index is 0. The normalized spacial score (nSPS) is 20.2. The van der Waals surface area contributed by atoms with E-state index in [4.69, 9.17) is 4.74 Å². The minimum absolute atomic E-state index is 0. The summed E-state index contributed by atoms with van der Waals surface area (Å²) in [5.74, 6) is 1.47. The van der Waals surface area contributed by atoms with Gasteiger partial charge in [0.25, 0.3) is 0 Å². The van der Waals surface area contributed by atoms with E-state index < -0.39 is 0 Å². The van der Waals surface area contributed by atoms with Crippen molar-refractivity contribution in [3.05, 3.63) is 22.4 Å². The highest BCUT2D eigenvalue weighted by Gasteiger charge is 2.26. The molecule has 0 bridgehead atoms. The molecule has 1 aromatic heterocycles. The predicted molar refractivity (Wildman–Crippen MR) is 118 cm³/mol. The first kappa shape index (κ1) is 22.7. The van der Waals surface area contributed by atoms with Gasteiger partial charge in [-0.05, 0) is 31.2 Å². The molecule has 2 rings (SSSR count). The van der Waals surface area contributed by atoms with Crippen LogP contribution in [0.1, 0.15) is 38.6 Å². The first-order valence-electron chi connectivity index (χ1n) is 9.01. The van der Waals surface area contributed by atoms with Crippen molar-refractivity contribution in [2.45, 2.75) is 39.8 Å². The van der Waals surface area contributed by atoms with Crippen LogP contribution in [0.4, 0.5) is 0 Å². The third-order valence-corrected chi connectivity index (χ3v) is 4.98. The van der Waals surface area contributed by atoms with Crippen LogP contribution in [0.2, 0.25) is 0 Å². The van der Waals surface area contributed by atoms with Crippen LogP contribution in [-0.4, -0.2) is 56.3 Å². The van der Waals surface area contributed by atoms with Crippen LogP contribution < -0.4 is 10.6 Å². The highest BCUT2D eigenvalue weighted by molar-refractivity contribution is 14.0.